The molecule has 0 aliphatic heterocycles. The number of aromatic nitrogens is 1. The lowest BCUT2D eigenvalue weighted by molar-refractivity contribution is 0.0661. The van der Waals surface area contributed by atoms with Gasteiger partial charge in [-0.15, -0.1) is 0 Å². The number of carboxylic acid groups (broad SMARTS) is 1. The number of carboxylic acids is 1. The van der Waals surface area contributed by atoms with Crippen LogP contribution in [-0.2, 0) is 0 Å². The molecule has 4 nitrogen and oxygen atoms in total. The van der Waals surface area contributed by atoms with Crippen LogP contribution < -0.4 is 0 Å². The lowest BCUT2D eigenvalue weighted by Crippen LogP contribution is -1.93. The first-order valence-electron chi connectivity index (χ1n) is 2.04. The summed E-state index contributed by atoms with van der Waals surface area (Å²) in [6.45, 7) is 0. The molecule has 0 unspecified atom stereocenters. The topological polar surface area (TPSA) is 63.3 Å². The minimum atomic E-state index is -1.13. The van der Waals surface area contributed by atoms with Gasteiger partial charge in [0.05, 0.1) is 0 Å². The maximum absolute atomic E-state index is 10.1. The molecule has 1 aromatic rings. The molecule has 0 aliphatic rings. The molecule has 0 saturated heterocycles. The van der Waals surface area contributed by atoms with E-state index < -0.39 is 5.97 Å². The van der Waals surface area contributed by atoms with Crippen LogP contribution in [0.5, 0.6) is 0 Å². The molecule has 1 N–H and O–H groups in total. The average molecular weight is 192 g/mol. The second kappa shape index (κ2) is 2.18. The molecule has 48 valence electrons. The first-order chi connectivity index (χ1) is 4.22. The zero-order valence-corrected chi connectivity index (χ0v) is 5.75. The Balaban J connectivity index is 3.08. The van der Waals surface area contributed by atoms with Gasteiger partial charge >= 0.3 is 5.97 Å². The summed E-state index contributed by atoms with van der Waals surface area (Å²) in [7, 11) is 0. The quantitative estimate of drug-likeness (QED) is 0.724. The molecule has 1 aromatic heterocycles. The Bertz CT molecular complexity index is 231. The van der Waals surface area contributed by atoms with Crippen LogP contribution in [0, 0.1) is 0 Å². The molecule has 0 amide bonds. The van der Waals surface area contributed by atoms with E-state index in [9.17, 15) is 4.79 Å². The fourth-order valence-electron chi connectivity index (χ4n) is 0.371. The Morgan fingerprint density at radius 2 is 2.56 bits per heavy atom. The second-order valence-corrected chi connectivity index (χ2v) is 2.03. The van der Waals surface area contributed by atoms with Gasteiger partial charge in [-0.1, -0.05) is 0 Å². The number of hydrogen-bond acceptors (Lipinski definition) is 3. The van der Waals surface area contributed by atoms with E-state index in [0.717, 1.165) is 6.39 Å². The van der Waals surface area contributed by atoms with E-state index in [1.807, 2.05) is 0 Å². The molecule has 0 spiro atoms. The molecule has 0 atom stereocenters. The normalized spacial score (nSPS) is 9.44. The van der Waals surface area contributed by atoms with Crippen LogP contribution in [0.2, 0.25) is 0 Å². The van der Waals surface area contributed by atoms with Gasteiger partial charge in [0.15, 0.2) is 11.0 Å². The fraction of sp³-hybridized carbons (Fsp3) is 0. The lowest BCUT2D eigenvalue weighted by atomic mass is 10.5. The number of nitrogens with zero attached hydrogens (tertiary/aromatic N) is 1. The molecule has 9 heavy (non-hydrogen) atoms. The van der Waals surface area contributed by atoms with E-state index in [1.54, 1.807) is 0 Å². The van der Waals surface area contributed by atoms with Gasteiger partial charge in [-0.05, 0) is 15.9 Å². The molecule has 0 saturated carbocycles. The van der Waals surface area contributed by atoms with Crippen LogP contribution in [-0.4, -0.2) is 16.1 Å². The third kappa shape index (κ3) is 1.10. The average Bonchev–Trinajstić information content (AvgIpc) is 2.13. The van der Waals surface area contributed by atoms with Gasteiger partial charge in [-0.2, -0.15) is 0 Å². The molecule has 5 heteroatoms. The Kier molecular flexibility index (Phi) is 1.52. The largest absolute Gasteiger partial charge is 0.475 e. The van der Waals surface area contributed by atoms with Crippen molar-refractivity contribution in [1.29, 1.82) is 0 Å². The van der Waals surface area contributed by atoms with Gasteiger partial charge in [0.1, 0.15) is 0 Å². The minimum absolute atomic E-state index is 0.171. The number of aromatic carboxylic acids is 1. The molecule has 0 fully saturated rings. The number of oxazole rings is 1. The van der Waals surface area contributed by atoms with E-state index in [4.69, 9.17) is 5.11 Å². The monoisotopic (exact) mass is 191 g/mol. The molecule has 0 radical (unpaired) electrons. The van der Waals surface area contributed by atoms with Gasteiger partial charge in [-0.3, -0.25) is 0 Å². The van der Waals surface area contributed by atoms with E-state index in [0.29, 0.717) is 0 Å². The molecule has 0 bridgehead atoms. The summed E-state index contributed by atoms with van der Waals surface area (Å²) in [5.74, 6) is -1.30. The predicted molar refractivity (Wildman–Crippen MR) is 31.2 cm³/mol. The summed E-state index contributed by atoms with van der Waals surface area (Å²) < 4.78 is 4.69. The zero-order chi connectivity index (χ0) is 6.85. The number of carbonyl (C=O) groups is 1. The summed E-state index contributed by atoms with van der Waals surface area (Å²) in [5, 5.41) is 8.29. The van der Waals surface area contributed by atoms with Gasteiger partial charge in [0.2, 0.25) is 5.76 Å². The van der Waals surface area contributed by atoms with Crippen molar-refractivity contribution in [2.45, 2.75) is 0 Å². The van der Waals surface area contributed by atoms with Crippen LogP contribution in [0.4, 0.5) is 0 Å². The predicted octanol–water partition coefficient (Wildman–Crippen LogP) is 1.14. The number of rotatable bonds is 1. The highest BCUT2D eigenvalue weighted by atomic mass is 79.9. The van der Waals surface area contributed by atoms with Crippen LogP contribution in [0.3, 0.4) is 0 Å². The van der Waals surface area contributed by atoms with Crippen molar-refractivity contribution in [2.24, 2.45) is 0 Å². The summed E-state index contributed by atoms with van der Waals surface area (Å²) in [5.41, 5.74) is 0. The molecule has 0 aliphatic carbocycles. The van der Waals surface area contributed by atoms with Crippen LogP contribution in [0.15, 0.2) is 15.4 Å². The Morgan fingerprint density at radius 1 is 1.89 bits per heavy atom. The lowest BCUT2D eigenvalue weighted by Gasteiger charge is -1.81. The maximum Gasteiger partial charge on any atom is 0.374 e. The van der Waals surface area contributed by atoms with E-state index in [-0.39, 0.29) is 10.4 Å². The molecular weight excluding hydrogens is 190 g/mol. The summed E-state index contributed by atoms with van der Waals surface area (Å²) in [4.78, 5) is 13.6. The van der Waals surface area contributed by atoms with Crippen molar-refractivity contribution in [2.75, 3.05) is 0 Å². The summed E-state index contributed by atoms with van der Waals surface area (Å²) in [6, 6.07) is 0. The minimum Gasteiger partial charge on any atom is -0.475 e. The SMILES string of the molecule is O=C(O)c1ocnc1Br. The van der Waals surface area contributed by atoms with Crippen molar-refractivity contribution >= 4 is 21.9 Å². The smallest absolute Gasteiger partial charge is 0.374 e. The second-order valence-electron chi connectivity index (χ2n) is 1.28. The van der Waals surface area contributed by atoms with Crippen LogP contribution in [0.1, 0.15) is 10.6 Å². The number of hydrogen-bond donors (Lipinski definition) is 1. The highest BCUT2D eigenvalue weighted by Gasteiger charge is 2.11. The van der Waals surface area contributed by atoms with E-state index >= 15 is 0 Å². The molecule has 1 rings (SSSR count). The third-order valence-electron chi connectivity index (χ3n) is 0.718. The Hall–Kier alpha value is -0.840. The standard InChI is InChI=1S/C4H2BrNO3/c5-3-2(4(7)8)9-1-6-3/h1H,(H,7,8). The van der Waals surface area contributed by atoms with Gasteiger partial charge in [0, 0.05) is 0 Å². The maximum atomic E-state index is 10.1. The first kappa shape index (κ1) is 6.28. The first-order valence-corrected chi connectivity index (χ1v) is 2.83. The summed E-state index contributed by atoms with van der Waals surface area (Å²) in [6.07, 6.45) is 1.06. The summed E-state index contributed by atoms with van der Waals surface area (Å²) >= 11 is 2.88. The number of halogens is 1. The van der Waals surface area contributed by atoms with Crippen molar-refractivity contribution < 1.29 is 14.3 Å². The molecule has 1 heterocycles. The van der Waals surface area contributed by atoms with Crippen LogP contribution in [0.25, 0.3) is 0 Å². The van der Waals surface area contributed by atoms with Gasteiger partial charge in [-0.25, -0.2) is 9.78 Å². The highest BCUT2D eigenvalue weighted by molar-refractivity contribution is 9.10. The highest BCUT2D eigenvalue weighted by Crippen LogP contribution is 2.12. The van der Waals surface area contributed by atoms with Crippen molar-refractivity contribution in [3.63, 3.8) is 0 Å². The van der Waals surface area contributed by atoms with Crippen molar-refractivity contribution in [3.05, 3.63) is 16.8 Å². The van der Waals surface area contributed by atoms with Gasteiger partial charge in [0.25, 0.3) is 0 Å². The Morgan fingerprint density at radius 3 is 2.78 bits per heavy atom. The van der Waals surface area contributed by atoms with Crippen LogP contribution >= 0.6 is 15.9 Å². The van der Waals surface area contributed by atoms with E-state index in [1.165, 1.54) is 0 Å². The zero-order valence-electron chi connectivity index (χ0n) is 4.17. The van der Waals surface area contributed by atoms with E-state index in [2.05, 4.69) is 25.3 Å². The third-order valence-corrected chi connectivity index (χ3v) is 1.28. The molecule has 0 aromatic carbocycles. The van der Waals surface area contributed by atoms with Gasteiger partial charge < -0.3 is 9.52 Å². The molecular formula is C4H2BrNO3. The fourth-order valence-corrected chi connectivity index (χ4v) is 0.718. The van der Waals surface area contributed by atoms with Crippen molar-refractivity contribution in [3.8, 4) is 0 Å². The van der Waals surface area contributed by atoms with Crippen molar-refractivity contribution in [1.82, 2.24) is 4.98 Å². The Labute approximate surface area is 58.6 Å².